The summed E-state index contributed by atoms with van der Waals surface area (Å²) in [6, 6.07) is 5.21. The normalized spacial score (nSPS) is 10.3. The Labute approximate surface area is 113 Å². The maximum Gasteiger partial charge on any atom is 0.252 e. The molecule has 0 aliphatic carbocycles. The van der Waals surface area contributed by atoms with Crippen LogP contribution >= 0.6 is 15.9 Å². The second-order valence-corrected chi connectivity index (χ2v) is 4.71. The first-order valence-corrected chi connectivity index (χ1v) is 6.17. The first-order chi connectivity index (χ1) is 8.58. The van der Waals surface area contributed by atoms with E-state index in [4.69, 9.17) is 5.73 Å². The maximum absolute atomic E-state index is 12.0. The number of rotatable bonds is 3. The molecule has 5 nitrogen and oxygen atoms in total. The molecule has 0 fully saturated rings. The van der Waals surface area contributed by atoms with Gasteiger partial charge in [-0.05, 0) is 28.1 Å². The third kappa shape index (κ3) is 2.70. The molecule has 0 unspecified atom stereocenters. The number of amides is 1. The average molecular weight is 309 g/mol. The van der Waals surface area contributed by atoms with Crippen LogP contribution in [-0.4, -0.2) is 15.7 Å². The fourth-order valence-corrected chi connectivity index (χ4v) is 2.01. The van der Waals surface area contributed by atoms with E-state index in [1.807, 2.05) is 13.2 Å². The molecule has 1 aromatic carbocycles. The van der Waals surface area contributed by atoms with Gasteiger partial charge in [0.05, 0.1) is 16.2 Å². The van der Waals surface area contributed by atoms with Crippen molar-refractivity contribution in [2.75, 3.05) is 5.73 Å². The molecule has 0 saturated carbocycles. The molecule has 0 atom stereocenters. The molecule has 0 bridgehead atoms. The quantitative estimate of drug-likeness (QED) is 0.848. The number of halogens is 1. The number of carbonyl (C=O) groups excluding carboxylic acids is 1. The number of benzene rings is 1. The molecular formula is C12H13BrN4O. The highest BCUT2D eigenvalue weighted by atomic mass is 79.9. The minimum absolute atomic E-state index is 0.168. The molecule has 2 rings (SSSR count). The number of carbonyl (C=O) groups is 1. The first-order valence-electron chi connectivity index (χ1n) is 5.37. The van der Waals surface area contributed by atoms with Crippen LogP contribution in [0.2, 0.25) is 0 Å². The van der Waals surface area contributed by atoms with Gasteiger partial charge in [-0.2, -0.15) is 5.10 Å². The van der Waals surface area contributed by atoms with E-state index in [0.29, 0.717) is 22.3 Å². The molecule has 1 amide bonds. The van der Waals surface area contributed by atoms with Crippen molar-refractivity contribution in [2.45, 2.75) is 6.54 Å². The fraction of sp³-hybridized carbons (Fsp3) is 0.167. The molecule has 0 aliphatic heterocycles. The molecule has 0 saturated heterocycles. The van der Waals surface area contributed by atoms with Crippen LogP contribution in [0.1, 0.15) is 15.9 Å². The van der Waals surface area contributed by atoms with E-state index in [0.717, 1.165) is 5.56 Å². The van der Waals surface area contributed by atoms with Crippen LogP contribution in [0.25, 0.3) is 0 Å². The molecule has 18 heavy (non-hydrogen) atoms. The van der Waals surface area contributed by atoms with E-state index < -0.39 is 0 Å². The minimum atomic E-state index is -0.168. The SMILES string of the molecule is Cn1cc(CNC(=O)c2cccc(N)c2Br)cn1. The lowest BCUT2D eigenvalue weighted by atomic mass is 10.2. The van der Waals surface area contributed by atoms with Crippen molar-refractivity contribution >= 4 is 27.5 Å². The van der Waals surface area contributed by atoms with Gasteiger partial charge in [0.1, 0.15) is 0 Å². The zero-order chi connectivity index (χ0) is 13.1. The van der Waals surface area contributed by atoms with Crippen LogP contribution in [0.5, 0.6) is 0 Å². The van der Waals surface area contributed by atoms with Crippen molar-refractivity contribution in [3.05, 3.63) is 46.2 Å². The summed E-state index contributed by atoms with van der Waals surface area (Å²) in [6.07, 6.45) is 3.57. The minimum Gasteiger partial charge on any atom is -0.398 e. The number of nitrogens with one attached hydrogen (secondary N) is 1. The van der Waals surface area contributed by atoms with Crippen LogP contribution < -0.4 is 11.1 Å². The van der Waals surface area contributed by atoms with Crippen molar-refractivity contribution < 1.29 is 4.79 Å². The number of hydrogen-bond donors (Lipinski definition) is 2. The molecule has 1 aromatic heterocycles. The number of nitrogen functional groups attached to an aromatic ring is 1. The molecule has 94 valence electrons. The summed E-state index contributed by atoms with van der Waals surface area (Å²) >= 11 is 3.31. The lowest BCUT2D eigenvalue weighted by Crippen LogP contribution is -2.23. The van der Waals surface area contributed by atoms with Gasteiger partial charge in [0.2, 0.25) is 0 Å². The zero-order valence-corrected chi connectivity index (χ0v) is 11.4. The Morgan fingerprint density at radius 3 is 3.00 bits per heavy atom. The Kier molecular flexibility index (Phi) is 3.66. The summed E-state index contributed by atoms with van der Waals surface area (Å²) in [4.78, 5) is 12.0. The topological polar surface area (TPSA) is 72.9 Å². The first kappa shape index (κ1) is 12.6. The Hall–Kier alpha value is -1.82. The van der Waals surface area contributed by atoms with Crippen LogP contribution in [0.15, 0.2) is 35.1 Å². The van der Waals surface area contributed by atoms with Gasteiger partial charge in [-0.15, -0.1) is 0 Å². The Morgan fingerprint density at radius 2 is 2.33 bits per heavy atom. The summed E-state index contributed by atoms with van der Waals surface area (Å²) in [5.41, 5.74) is 7.75. The van der Waals surface area contributed by atoms with Crippen LogP contribution in [0.3, 0.4) is 0 Å². The summed E-state index contributed by atoms with van der Waals surface area (Å²) in [6.45, 7) is 0.438. The molecule has 0 spiro atoms. The third-order valence-corrected chi connectivity index (χ3v) is 3.37. The van der Waals surface area contributed by atoms with E-state index in [1.165, 1.54) is 0 Å². The molecule has 0 aliphatic rings. The number of hydrogen-bond acceptors (Lipinski definition) is 3. The monoisotopic (exact) mass is 308 g/mol. The predicted octanol–water partition coefficient (Wildman–Crippen LogP) is 1.69. The van der Waals surface area contributed by atoms with Gasteiger partial charge in [-0.3, -0.25) is 9.48 Å². The van der Waals surface area contributed by atoms with Crippen molar-refractivity contribution in [3.63, 3.8) is 0 Å². The number of aromatic nitrogens is 2. The van der Waals surface area contributed by atoms with Crippen molar-refractivity contribution in [1.82, 2.24) is 15.1 Å². The van der Waals surface area contributed by atoms with E-state index in [1.54, 1.807) is 29.1 Å². The molecule has 2 aromatic rings. The van der Waals surface area contributed by atoms with Crippen LogP contribution in [0, 0.1) is 0 Å². The summed E-state index contributed by atoms with van der Waals surface area (Å²) in [7, 11) is 1.83. The van der Waals surface area contributed by atoms with Crippen molar-refractivity contribution in [2.24, 2.45) is 7.05 Å². The summed E-state index contributed by atoms with van der Waals surface area (Å²) < 4.78 is 2.31. The van der Waals surface area contributed by atoms with Crippen molar-refractivity contribution in [1.29, 1.82) is 0 Å². The predicted molar refractivity (Wildman–Crippen MR) is 72.9 cm³/mol. The van der Waals surface area contributed by atoms with Crippen LogP contribution in [0.4, 0.5) is 5.69 Å². The van der Waals surface area contributed by atoms with Gasteiger partial charge < -0.3 is 11.1 Å². The van der Waals surface area contributed by atoms with Gasteiger partial charge in [0, 0.05) is 31.0 Å². The third-order valence-electron chi connectivity index (χ3n) is 2.48. The maximum atomic E-state index is 12.0. The van der Waals surface area contributed by atoms with Gasteiger partial charge in [0.15, 0.2) is 0 Å². The standard InChI is InChI=1S/C12H13BrN4O/c1-17-7-8(6-16-17)5-15-12(18)9-3-2-4-10(14)11(9)13/h2-4,6-7H,5,14H2,1H3,(H,15,18). The van der Waals surface area contributed by atoms with Crippen LogP contribution in [-0.2, 0) is 13.6 Å². The Morgan fingerprint density at radius 1 is 1.56 bits per heavy atom. The van der Waals surface area contributed by atoms with E-state index >= 15 is 0 Å². The Bertz CT molecular complexity index is 579. The number of anilines is 1. The highest BCUT2D eigenvalue weighted by molar-refractivity contribution is 9.10. The second-order valence-electron chi connectivity index (χ2n) is 3.91. The molecule has 1 heterocycles. The van der Waals surface area contributed by atoms with Gasteiger partial charge in [0.25, 0.3) is 5.91 Å². The van der Waals surface area contributed by atoms with Gasteiger partial charge >= 0.3 is 0 Å². The van der Waals surface area contributed by atoms with Gasteiger partial charge in [-0.1, -0.05) is 6.07 Å². The Balaban J connectivity index is 2.06. The molecule has 6 heteroatoms. The second kappa shape index (κ2) is 5.22. The van der Waals surface area contributed by atoms with Crippen molar-refractivity contribution in [3.8, 4) is 0 Å². The smallest absolute Gasteiger partial charge is 0.252 e. The largest absolute Gasteiger partial charge is 0.398 e. The average Bonchev–Trinajstić information content (AvgIpc) is 2.76. The summed E-state index contributed by atoms with van der Waals surface area (Å²) in [5.74, 6) is -0.168. The highest BCUT2D eigenvalue weighted by Gasteiger charge is 2.11. The zero-order valence-electron chi connectivity index (χ0n) is 9.85. The van der Waals surface area contributed by atoms with Gasteiger partial charge in [-0.25, -0.2) is 0 Å². The fourth-order valence-electron chi connectivity index (χ4n) is 1.57. The molecular weight excluding hydrogens is 296 g/mol. The lowest BCUT2D eigenvalue weighted by Gasteiger charge is -2.07. The summed E-state index contributed by atoms with van der Waals surface area (Å²) in [5, 5.41) is 6.85. The number of nitrogens with two attached hydrogens (primary N) is 1. The van der Waals surface area contributed by atoms with E-state index in [9.17, 15) is 4.79 Å². The molecule has 3 N–H and O–H groups in total. The number of nitrogens with zero attached hydrogens (tertiary/aromatic N) is 2. The number of aryl methyl sites for hydroxylation is 1. The molecule has 0 radical (unpaired) electrons. The van der Waals surface area contributed by atoms with E-state index in [-0.39, 0.29) is 5.91 Å². The highest BCUT2D eigenvalue weighted by Crippen LogP contribution is 2.23. The van der Waals surface area contributed by atoms with E-state index in [2.05, 4.69) is 26.3 Å². The lowest BCUT2D eigenvalue weighted by molar-refractivity contribution is 0.0950.